The van der Waals surface area contributed by atoms with E-state index in [2.05, 4.69) is 90.7 Å². The molecule has 6 nitrogen and oxygen atoms in total. The number of amides is 1. The lowest BCUT2D eigenvalue weighted by Crippen LogP contribution is -2.49. The van der Waals surface area contributed by atoms with Crippen LogP contribution in [0.4, 0.5) is 0 Å². The number of carbonyl (C=O) groups excluding carboxylic acids is 1. The standard InChI is InChI=1S/C35H40N4O2S/c1-26-12-10-13-28(24-26)25-31-27(2)36-35(37(3)34(31)41)42-23-11-18-32(40)38-19-21-39(22-20-38)33(29-14-6-4-7-15-29)30-16-8-5-9-17-30/h4-10,12-17,24,33H,11,18-23,25H2,1-3H3. The lowest BCUT2D eigenvalue weighted by Gasteiger charge is -2.40. The first-order valence-electron chi connectivity index (χ1n) is 14.8. The van der Waals surface area contributed by atoms with Gasteiger partial charge < -0.3 is 4.90 Å². The zero-order chi connectivity index (χ0) is 29.5. The molecule has 0 atom stereocenters. The first kappa shape index (κ1) is 29.8. The van der Waals surface area contributed by atoms with Crippen molar-refractivity contribution >= 4 is 17.7 Å². The molecule has 2 heterocycles. The Kier molecular flexibility index (Phi) is 9.93. The number of hydrogen-bond acceptors (Lipinski definition) is 5. The number of carbonyl (C=O) groups is 1. The molecule has 0 N–H and O–H groups in total. The maximum atomic E-state index is 13.1. The zero-order valence-electron chi connectivity index (χ0n) is 24.8. The summed E-state index contributed by atoms with van der Waals surface area (Å²) >= 11 is 1.55. The third-order valence-corrected chi connectivity index (χ3v) is 9.16. The molecule has 0 aliphatic carbocycles. The minimum absolute atomic E-state index is 0.00441. The Labute approximate surface area is 253 Å². The molecule has 4 aromatic rings. The van der Waals surface area contributed by atoms with Crippen LogP contribution in [-0.2, 0) is 18.3 Å². The van der Waals surface area contributed by atoms with E-state index >= 15 is 0 Å². The summed E-state index contributed by atoms with van der Waals surface area (Å²) < 4.78 is 1.65. The molecule has 218 valence electrons. The van der Waals surface area contributed by atoms with E-state index < -0.39 is 0 Å². The molecule has 0 radical (unpaired) electrons. The molecule has 7 heteroatoms. The monoisotopic (exact) mass is 580 g/mol. The van der Waals surface area contributed by atoms with Crippen molar-refractivity contribution < 1.29 is 4.79 Å². The van der Waals surface area contributed by atoms with Crippen LogP contribution in [0.3, 0.4) is 0 Å². The van der Waals surface area contributed by atoms with Gasteiger partial charge >= 0.3 is 0 Å². The summed E-state index contributed by atoms with van der Waals surface area (Å²) in [5.74, 6) is 0.949. The van der Waals surface area contributed by atoms with E-state index in [0.717, 1.165) is 55.2 Å². The highest BCUT2D eigenvalue weighted by Gasteiger charge is 2.28. The smallest absolute Gasteiger partial charge is 0.257 e. The summed E-state index contributed by atoms with van der Waals surface area (Å²) in [7, 11) is 1.79. The fraction of sp³-hybridized carbons (Fsp3) is 0.343. The summed E-state index contributed by atoms with van der Waals surface area (Å²) in [6, 6.07) is 29.7. The van der Waals surface area contributed by atoms with Crippen LogP contribution in [0, 0.1) is 13.8 Å². The lowest BCUT2D eigenvalue weighted by molar-refractivity contribution is -0.133. The molecule has 5 rings (SSSR count). The average molecular weight is 581 g/mol. The number of aryl methyl sites for hydroxylation is 2. The van der Waals surface area contributed by atoms with Gasteiger partial charge in [-0.25, -0.2) is 4.98 Å². The summed E-state index contributed by atoms with van der Waals surface area (Å²) in [5, 5.41) is 0.708. The molecular formula is C35H40N4O2S. The second-order valence-electron chi connectivity index (χ2n) is 11.1. The second kappa shape index (κ2) is 14.0. The van der Waals surface area contributed by atoms with E-state index in [1.165, 1.54) is 16.7 Å². The van der Waals surface area contributed by atoms with E-state index in [4.69, 9.17) is 4.98 Å². The predicted molar refractivity (Wildman–Crippen MR) is 171 cm³/mol. The molecule has 3 aromatic carbocycles. The minimum atomic E-state index is 0.00441. The molecule has 1 saturated heterocycles. The molecule has 1 aliphatic rings. The molecule has 42 heavy (non-hydrogen) atoms. The van der Waals surface area contributed by atoms with Crippen LogP contribution in [0.15, 0.2) is 94.9 Å². The van der Waals surface area contributed by atoms with Gasteiger partial charge in [0.25, 0.3) is 5.56 Å². The highest BCUT2D eigenvalue weighted by Crippen LogP contribution is 2.29. The van der Waals surface area contributed by atoms with Crippen molar-refractivity contribution in [3.05, 3.63) is 129 Å². The second-order valence-corrected chi connectivity index (χ2v) is 12.1. The Morgan fingerprint density at radius 2 is 1.52 bits per heavy atom. The van der Waals surface area contributed by atoms with Gasteiger partial charge in [0.2, 0.25) is 5.91 Å². The molecule has 1 fully saturated rings. The van der Waals surface area contributed by atoms with Gasteiger partial charge in [0, 0.05) is 63.1 Å². The number of rotatable bonds is 10. The number of hydrogen-bond donors (Lipinski definition) is 0. The van der Waals surface area contributed by atoms with Gasteiger partial charge in [-0.05, 0) is 37.0 Å². The normalized spacial score (nSPS) is 14.0. The van der Waals surface area contributed by atoms with Crippen LogP contribution in [-0.4, -0.2) is 57.2 Å². The Bertz CT molecular complexity index is 1510. The van der Waals surface area contributed by atoms with Crippen molar-refractivity contribution in [2.24, 2.45) is 7.05 Å². The van der Waals surface area contributed by atoms with Crippen molar-refractivity contribution in [2.45, 2.75) is 44.3 Å². The first-order valence-corrected chi connectivity index (χ1v) is 15.8. The van der Waals surface area contributed by atoms with E-state index in [-0.39, 0.29) is 17.5 Å². The number of piperazine rings is 1. The number of thioether (sulfide) groups is 1. The number of aromatic nitrogens is 2. The average Bonchev–Trinajstić information content (AvgIpc) is 3.01. The van der Waals surface area contributed by atoms with Crippen LogP contribution < -0.4 is 5.56 Å². The predicted octanol–water partition coefficient (Wildman–Crippen LogP) is 5.79. The maximum absolute atomic E-state index is 13.1. The molecule has 0 saturated carbocycles. The lowest BCUT2D eigenvalue weighted by atomic mass is 9.96. The zero-order valence-corrected chi connectivity index (χ0v) is 25.6. The van der Waals surface area contributed by atoms with Crippen molar-refractivity contribution in [3.8, 4) is 0 Å². The SMILES string of the molecule is Cc1cccc(Cc2c(C)nc(SCCCC(=O)N3CCN(C(c4ccccc4)c4ccccc4)CC3)n(C)c2=O)c1. The third-order valence-electron chi connectivity index (χ3n) is 8.04. The Morgan fingerprint density at radius 3 is 2.14 bits per heavy atom. The van der Waals surface area contributed by atoms with Crippen molar-refractivity contribution in [1.29, 1.82) is 0 Å². The van der Waals surface area contributed by atoms with Crippen LogP contribution in [0.5, 0.6) is 0 Å². The first-order chi connectivity index (χ1) is 20.4. The van der Waals surface area contributed by atoms with Gasteiger partial charge in [-0.3, -0.25) is 19.1 Å². The molecule has 1 aliphatic heterocycles. The minimum Gasteiger partial charge on any atom is -0.340 e. The molecule has 0 spiro atoms. The van der Waals surface area contributed by atoms with Gasteiger partial charge in [0.05, 0.1) is 6.04 Å². The van der Waals surface area contributed by atoms with E-state index in [0.29, 0.717) is 18.0 Å². The van der Waals surface area contributed by atoms with Gasteiger partial charge in [-0.2, -0.15) is 0 Å². The fourth-order valence-corrected chi connectivity index (χ4v) is 6.70. The Balaban J connectivity index is 1.12. The van der Waals surface area contributed by atoms with Gasteiger partial charge in [-0.15, -0.1) is 0 Å². The number of nitrogens with zero attached hydrogens (tertiary/aromatic N) is 4. The third kappa shape index (κ3) is 7.20. The van der Waals surface area contributed by atoms with Crippen LogP contribution in [0.1, 0.15) is 52.4 Å². The molecule has 0 unspecified atom stereocenters. The van der Waals surface area contributed by atoms with Crippen molar-refractivity contribution in [1.82, 2.24) is 19.4 Å². The number of benzene rings is 3. The summed E-state index contributed by atoms with van der Waals surface area (Å²) in [5.41, 5.74) is 6.38. The maximum Gasteiger partial charge on any atom is 0.257 e. The molecule has 0 bridgehead atoms. The molecule has 1 amide bonds. The Morgan fingerprint density at radius 1 is 0.881 bits per heavy atom. The van der Waals surface area contributed by atoms with Gasteiger partial charge in [-0.1, -0.05) is 102 Å². The molecular weight excluding hydrogens is 540 g/mol. The van der Waals surface area contributed by atoms with Crippen LogP contribution in [0.25, 0.3) is 0 Å². The van der Waals surface area contributed by atoms with Crippen LogP contribution >= 0.6 is 11.8 Å². The largest absolute Gasteiger partial charge is 0.340 e. The van der Waals surface area contributed by atoms with E-state index in [1.807, 2.05) is 17.9 Å². The van der Waals surface area contributed by atoms with E-state index in [1.54, 1.807) is 23.4 Å². The highest BCUT2D eigenvalue weighted by atomic mass is 32.2. The van der Waals surface area contributed by atoms with Gasteiger partial charge in [0.1, 0.15) is 0 Å². The summed E-state index contributed by atoms with van der Waals surface area (Å²) in [4.78, 5) is 35.5. The quantitative estimate of drug-likeness (QED) is 0.135. The van der Waals surface area contributed by atoms with Crippen molar-refractivity contribution in [2.75, 3.05) is 31.9 Å². The van der Waals surface area contributed by atoms with E-state index in [9.17, 15) is 9.59 Å². The summed E-state index contributed by atoms with van der Waals surface area (Å²) in [6.07, 6.45) is 1.84. The topological polar surface area (TPSA) is 58.4 Å². The van der Waals surface area contributed by atoms with Crippen LogP contribution in [0.2, 0.25) is 0 Å². The van der Waals surface area contributed by atoms with Gasteiger partial charge in [0.15, 0.2) is 5.16 Å². The van der Waals surface area contributed by atoms with Crippen molar-refractivity contribution in [3.63, 3.8) is 0 Å². The fourth-order valence-electron chi connectivity index (χ4n) is 5.75. The Hall–Kier alpha value is -3.68. The molecule has 1 aromatic heterocycles. The summed E-state index contributed by atoms with van der Waals surface area (Å²) in [6.45, 7) is 7.13. The highest BCUT2D eigenvalue weighted by molar-refractivity contribution is 7.99.